The highest BCUT2D eigenvalue weighted by Crippen LogP contribution is 2.35. The van der Waals surface area contributed by atoms with Crippen molar-refractivity contribution in [2.75, 3.05) is 13.2 Å². The first-order chi connectivity index (χ1) is 15.0. The van der Waals surface area contributed by atoms with Gasteiger partial charge < -0.3 is 9.47 Å². The number of hydrogen-bond acceptors (Lipinski definition) is 4. The van der Waals surface area contributed by atoms with E-state index in [0.717, 1.165) is 44.4 Å². The lowest BCUT2D eigenvalue weighted by Gasteiger charge is -2.30. The van der Waals surface area contributed by atoms with Crippen molar-refractivity contribution in [3.05, 3.63) is 12.2 Å². The molecule has 4 heteroatoms. The molecule has 3 aliphatic carbocycles. The monoisotopic (exact) mass is 432 g/mol. The van der Waals surface area contributed by atoms with Gasteiger partial charge in [0.2, 0.25) is 0 Å². The van der Waals surface area contributed by atoms with Crippen molar-refractivity contribution in [2.45, 2.75) is 97.3 Å². The molecule has 0 radical (unpaired) electrons. The Bertz CT molecular complexity index is 588. The van der Waals surface area contributed by atoms with Crippen LogP contribution in [0.4, 0.5) is 0 Å². The molecule has 0 heterocycles. The number of carbonyl (C=O) groups is 2. The average Bonchev–Trinajstić information content (AvgIpc) is 2.81. The van der Waals surface area contributed by atoms with Gasteiger partial charge in [0, 0.05) is 0 Å². The van der Waals surface area contributed by atoms with Crippen molar-refractivity contribution in [1.82, 2.24) is 0 Å². The van der Waals surface area contributed by atoms with Gasteiger partial charge in [-0.3, -0.25) is 9.59 Å². The van der Waals surface area contributed by atoms with E-state index >= 15 is 0 Å². The van der Waals surface area contributed by atoms with E-state index in [9.17, 15) is 9.59 Å². The van der Waals surface area contributed by atoms with Gasteiger partial charge in [0.05, 0.1) is 25.0 Å². The molecule has 3 rings (SSSR count). The maximum atomic E-state index is 12.5. The van der Waals surface area contributed by atoms with Crippen molar-refractivity contribution in [2.24, 2.45) is 35.5 Å². The van der Waals surface area contributed by atoms with Crippen molar-refractivity contribution in [1.29, 1.82) is 0 Å². The fourth-order valence-electron chi connectivity index (χ4n) is 5.83. The third-order valence-corrected chi connectivity index (χ3v) is 8.40. The van der Waals surface area contributed by atoms with Crippen LogP contribution in [0.5, 0.6) is 0 Å². The van der Waals surface area contributed by atoms with E-state index in [2.05, 4.69) is 20.4 Å². The molecule has 0 atom stereocenters. The van der Waals surface area contributed by atoms with Crippen LogP contribution in [0.15, 0.2) is 12.2 Å². The van der Waals surface area contributed by atoms with Crippen LogP contribution >= 0.6 is 0 Å². The number of carbonyl (C=O) groups excluding carboxylic acids is 2. The Labute approximate surface area is 189 Å². The number of rotatable bonds is 8. The molecule has 0 unspecified atom stereocenters. The number of hydrogen-bond donors (Lipinski definition) is 0. The van der Waals surface area contributed by atoms with Gasteiger partial charge in [0.25, 0.3) is 0 Å². The van der Waals surface area contributed by atoms with Gasteiger partial charge in [-0.15, -0.1) is 0 Å². The summed E-state index contributed by atoms with van der Waals surface area (Å²) in [6.07, 6.45) is 13.8. The van der Waals surface area contributed by atoms with Crippen LogP contribution in [0.1, 0.15) is 97.3 Å². The number of allylic oxidation sites excluding steroid dienone is 1. The predicted octanol–water partition coefficient (Wildman–Crippen LogP) is 6.48. The molecule has 0 aromatic heterocycles. The molecule has 3 fully saturated rings. The molecule has 4 nitrogen and oxygen atoms in total. The molecule has 3 saturated carbocycles. The van der Waals surface area contributed by atoms with E-state index in [1.165, 1.54) is 50.5 Å². The van der Waals surface area contributed by atoms with E-state index in [0.29, 0.717) is 31.0 Å². The first-order valence-electron chi connectivity index (χ1n) is 12.9. The lowest BCUT2D eigenvalue weighted by molar-refractivity contribution is -0.157. The summed E-state index contributed by atoms with van der Waals surface area (Å²) < 4.78 is 11.4. The average molecular weight is 433 g/mol. The Morgan fingerprint density at radius 1 is 0.645 bits per heavy atom. The minimum absolute atomic E-state index is 0.0338. The lowest BCUT2D eigenvalue weighted by atomic mass is 9.79. The van der Waals surface area contributed by atoms with Crippen molar-refractivity contribution >= 4 is 11.9 Å². The van der Waals surface area contributed by atoms with Crippen LogP contribution in [-0.4, -0.2) is 25.2 Å². The van der Waals surface area contributed by atoms with Gasteiger partial charge >= 0.3 is 11.9 Å². The fourth-order valence-corrected chi connectivity index (χ4v) is 5.83. The van der Waals surface area contributed by atoms with Crippen molar-refractivity contribution < 1.29 is 19.1 Å². The van der Waals surface area contributed by atoms with E-state index in [1.807, 2.05) is 0 Å². The number of esters is 2. The van der Waals surface area contributed by atoms with Crippen LogP contribution in [0.25, 0.3) is 0 Å². The second kappa shape index (κ2) is 12.1. The van der Waals surface area contributed by atoms with E-state index in [-0.39, 0.29) is 23.8 Å². The first-order valence-corrected chi connectivity index (χ1v) is 12.9. The Kier molecular flexibility index (Phi) is 9.47. The van der Waals surface area contributed by atoms with Gasteiger partial charge in [-0.25, -0.2) is 0 Å². The largest absolute Gasteiger partial charge is 0.465 e. The molecule has 0 bridgehead atoms. The van der Waals surface area contributed by atoms with E-state index in [1.54, 1.807) is 0 Å². The second-order valence-electron chi connectivity index (χ2n) is 10.7. The Morgan fingerprint density at radius 2 is 1.00 bits per heavy atom. The van der Waals surface area contributed by atoms with Crippen LogP contribution in [0.3, 0.4) is 0 Å². The molecule has 0 amide bonds. The van der Waals surface area contributed by atoms with E-state index < -0.39 is 0 Å². The molecule has 0 saturated heterocycles. The Balaban J connectivity index is 1.29. The van der Waals surface area contributed by atoms with Gasteiger partial charge in [0.1, 0.15) is 0 Å². The zero-order valence-corrected chi connectivity index (χ0v) is 19.9. The summed E-state index contributed by atoms with van der Waals surface area (Å²) in [7, 11) is 0. The summed E-state index contributed by atoms with van der Waals surface area (Å²) in [4.78, 5) is 25.0. The summed E-state index contributed by atoms with van der Waals surface area (Å²) in [5.74, 6) is 2.39. The van der Waals surface area contributed by atoms with Crippen LogP contribution < -0.4 is 0 Å². The molecule has 0 spiro atoms. The highest BCUT2D eigenvalue weighted by Gasteiger charge is 2.33. The van der Waals surface area contributed by atoms with Crippen LogP contribution in [-0.2, 0) is 19.1 Å². The molecule has 3 aliphatic rings. The summed E-state index contributed by atoms with van der Waals surface area (Å²) >= 11 is 0. The Hall–Kier alpha value is -1.32. The fraction of sp³-hybridized carbons (Fsp3) is 0.852. The lowest BCUT2D eigenvalue weighted by Crippen LogP contribution is -2.30. The molecule has 0 aliphatic heterocycles. The van der Waals surface area contributed by atoms with E-state index in [4.69, 9.17) is 9.47 Å². The smallest absolute Gasteiger partial charge is 0.308 e. The van der Waals surface area contributed by atoms with Gasteiger partial charge in [-0.05, 0) is 94.8 Å². The van der Waals surface area contributed by atoms with Crippen molar-refractivity contribution in [3.8, 4) is 0 Å². The normalized spacial score (nSPS) is 34.0. The minimum Gasteiger partial charge on any atom is -0.465 e. The second-order valence-corrected chi connectivity index (χ2v) is 10.7. The van der Waals surface area contributed by atoms with Gasteiger partial charge in [-0.2, -0.15) is 0 Å². The third-order valence-electron chi connectivity index (χ3n) is 8.40. The number of ether oxygens (including phenoxy) is 2. The topological polar surface area (TPSA) is 52.6 Å². The molecule has 0 aromatic rings. The quantitative estimate of drug-likeness (QED) is 0.325. The molecular formula is C27H44O4. The zero-order chi connectivity index (χ0) is 22.2. The molecule has 176 valence electrons. The minimum atomic E-state index is -0.0541. The molecular weight excluding hydrogens is 388 g/mol. The highest BCUT2D eigenvalue weighted by molar-refractivity contribution is 5.75. The summed E-state index contributed by atoms with van der Waals surface area (Å²) in [5, 5.41) is 0. The standard InChI is InChI=1S/C27H44O4/c1-4-20-5-7-21(8-6-20)17-30-26(28)24-13-15-25(16-14-24)27(29)31-18-22-9-11-23(12-10-22)19(2)3/h20-25H,2,4-18H2,1,3H3. The summed E-state index contributed by atoms with van der Waals surface area (Å²) in [6.45, 7) is 9.62. The molecule has 0 aromatic carbocycles. The third kappa shape index (κ3) is 7.36. The highest BCUT2D eigenvalue weighted by atomic mass is 16.5. The summed E-state index contributed by atoms with van der Waals surface area (Å²) in [6, 6.07) is 0. The Morgan fingerprint density at radius 3 is 1.39 bits per heavy atom. The SMILES string of the molecule is C=C(C)C1CCC(COC(=O)C2CCC(C(=O)OCC3CCC(CC)CC3)CC2)CC1. The summed E-state index contributed by atoms with van der Waals surface area (Å²) in [5.41, 5.74) is 1.29. The predicted molar refractivity (Wildman–Crippen MR) is 123 cm³/mol. The van der Waals surface area contributed by atoms with Crippen LogP contribution in [0.2, 0.25) is 0 Å². The maximum Gasteiger partial charge on any atom is 0.308 e. The first kappa shape index (κ1) is 24.3. The maximum absolute atomic E-state index is 12.5. The van der Waals surface area contributed by atoms with Gasteiger partial charge in [0.15, 0.2) is 0 Å². The molecule has 31 heavy (non-hydrogen) atoms. The van der Waals surface area contributed by atoms with Crippen LogP contribution in [0, 0.1) is 35.5 Å². The van der Waals surface area contributed by atoms with Gasteiger partial charge in [-0.1, -0.05) is 38.3 Å². The molecule has 0 N–H and O–H groups in total. The zero-order valence-electron chi connectivity index (χ0n) is 19.9. The van der Waals surface area contributed by atoms with Crippen molar-refractivity contribution in [3.63, 3.8) is 0 Å².